The summed E-state index contributed by atoms with van der Waals surface area (Å²) in [6.07, 6.45) is 5.10. The second-order valence-corrected chi connectivity index (χ2v) is 4.36. The molecule has 4 heteroatoms. The van der Waals surface area contributed by atoms with Gasteiger partial charge in [0.05, 0.1) is 13.2 Å². The Kier molecular flexibility index (Phi) is 3.61. The van der Waals surface area contributed by atoms with Crippen LogP contribution in [0.4, 0.5) is 0 Å². The highest BCUT2D eigenvalue weighted by Gasteiger charge is 2.25. The smallest absolute Gasteiger partial charge is 0.219 e. The van der Waals surface area contributed by atoms with Crippen molar-refractivity contribution >= 4 is 5.91 Å². The molecule has 92 valence electrons. The Labute approximate surface area is 102 Å². The molecule has 0 N–H and O–H groups in total. The van der Waals surface area contributed by atoms with Crippen molar-refractivity contribution in [3.8, 4) is 5.88 Å². The van der Waals surface area contributed by atoms with Gasteiger partial charge in [-0.1, -0.05) is 6.07 Å². The molecule has 1 fully saturated rings. The van der Waals surface area contributed by atoms with Crippen LogP contribution >= 0.6 is 0 Å². The first kappa shape index (κ1) is 11.9. The second kappa shape index (κ2) is 5.17. The number of likely N-dealkylation sites (tertiary alicyclic amines) is 1. The molecule has 1 aromatic heterocycles. The predicted molar refractivity (Wildman–Crippen MR) is 64.8 cm³/mol. The van der Waals surface area contributed by atoms with Crippen LogP contribution in [0.25, 0.3) is 0 Å². The van der Waals surface area contributed by atoms with Gasteiger partial charge in [0, 0.05) is 25.7 Å². The van der Waals surface area contributed by atoms with E-state index in [0.717, 1.165) is 24.9 Å². The number of rotatable bonds is 2. The first-order valence-electron chi connectivity index (χ1n) is 5.99. The van der Waals surface area contributed by atoms with Gasteiger partial charge in [-0.2, -0.15) is 0 Å². The van der Waals surface area contributed by atoms with Gasteiger partial charge < -0.3 is 9.64 Å². The Morgan fingerprint density at radius 1 is 1.47 bits per heavy atom. The van der Waals surface area contributed by atoms with E-state index in [1.54, 1.807) is 14.0 Å². The zero-order valence-electron chi connectivity index (χ0n) is 10.3. The molecule has 0 bridgehead atoms. The minimum Gasteiger partial charge on any atom is -0.481 e. The van der Waals surface area contributed by atoms with Crippen molar-refractivity contribution in [2.75, 3.05) is 13.7 Å². The van der Waals surface area contributed by atoms with Crippen molar-refractivity contribution in [1.82, 2.24) is 9.88 Å². The number of pyridine rings is 1. The summed E-state index contributed by atoms with van der Waals surface area (Å²) >= 11 is 0. The van der Waals surface area contributed by atoms with Gasteiger partial charge in [-0.15, -0.1) is 0 Å². The molecular weight excluding hydrogens is 216 g/mol. The molecule has 1 amide bonds. The molecule has 0 spiro atoms. The Morgan fingerprint density at radius 3 is 2.88 bits per heavy atom. The Morgan fingerprint density at radius 2 is 2.29 bits per heavy atom. The molecule has 4 nitrogen and oxygen atoms in total. The first-order chi connectivity index (χ1) is 8.22. The van der Waals surface area contributed by atoms with E-state index in [0.29, 0.717) is 5.88 Å². The van der Waals surface area contributed by atoms with Crippen molar-refractivity contribution in [3.05, 3.63) is 23.9 Å². The summed E-state index contributed by atoms with van der Waals surface area (Å²) in [5, 5.41) is 0. The third kappa shape index (κ3) is 2.57. The van der Waals surface area contributed by atoms with Crippen molar-refractivity contribution in [2.24, 2.45) is 0 Å². The number of nitrogens with zero attached hydrogens (tertiary/aromatic N) is 2. The lowest BCUT2D eigenvalue weighted by atomic mass is 9.96. The van der Waals surface area contributed by atoms with E-state index in [-0.39, 0.29) is 11.9 Å². The molecule has 2 rings (SSSR count). The summed E-state index contributed by atoms with van der Waals surface area (Å²) < 4.78 is 5.04. The van der Waals surface area contributed by atoms with Gasteiger partial charge in [-0.3, -0.25) is 4.79 Å². The van der Waals surface area contributed by atoms with Crippen LogP contribution in [0.15, 0.2) is 18.3 Å². The fourth-order valence-electron chi connectivity index (χ4n) is 2.36. The normalized spacial score (nSPS) is 20.1. The standard InChI is InChI=1S/C13H18N2O2/c1-10(16)15-8-4-3-5-12(15)11-6-7-13(17-2)14-9-11/h6-7,9,12H,3-5,8H2,1-2H3/t12-/m0/s1. The Hall–Kier alpha value is -1.58. The van der Waals surface area contributed by atoms with Gasteiger partial charge >= 0.3 is 0 Å². The van der Waals surface area contributed by atoms with Gasteiger partial charge in [-0.05, 0) is 24.8 Å². The number of amides is 1. The Bertz CT molecular complexity index is 389. The summed E-state index contributed by atoms with van der Waals surface area (Å²) in [5.41, 5.74) is 1.10. The quantitative estimate of drug-likeness (QED) is 0.787. The van der Waals surface area contributed by atoms with Crippen molar-refractivity contribution in [3.63, 3.8) is 0 Å². The molecule has 1 aromatic rings. The second-order valence-electron chi connectivity index (χ2n) is 4.36. The van der Waals surface area contributed by atoms with Crippen LogP contribution in [0.5, 0.6) is 5.88 Å². The molecule has 0 aliphatic carbocycles. The van der Waals surface area contributed by atoms with E-state index < -0.39 is 0 Å². The minimum atomic E-state index is 0.144. The molecule has 0 saturated carbocycles. The topological polar surface area (TPSA) is 42.4 Å². The third-order valence-electron chi connectivity index (χ3n) is 3.26. The van der Waals surface area contributed by atoms with Gasteiger partial charge in [0.2, 0.25) is 11.8 Å². The molecule has 1 aliphatic heterocycles. The van der Waals surface area contributed by atoms with Gasteiger partial charge in [0.25, 0.3) is 0 Å². The number of hydrogen-bond acceptors (Lipinski definition) is 3. The van der Waals surface area contributed by atoms with Crippen LogP contribution in [-0.4, -0.2) is 29.4 Å². The summed E-state index contributed by atoms with van der Waals surface area (Å²) in [6, 6.07) is 4.03. The van der Waals surface area contributed by atoms with Crippen molar-refractivity contribution in [1.29, 1.82) is 0 Å². The minimum absolute atomic E-state index is 0.144. The lowest BCUT2D eigenvalue weighted by Gasteiger charge is -2.35. The molecule has 0 aromatic carbocycles. The maximum Gasteiger partial charge on any atom is 0.219 e. The summed E-state index contributed by atoms with van der Waals surface area (Å²) in [5.74, 6) is 0.754. The first-order valence-corrected chi connectivity index (χ1v) is 5.99. The van der Waals surface area contributed by atoms with Gasteiger partial charge in [0.1, 0.15) is 0 Å². The SMILES string of the molecule is COc1ccc([C@@H]2CCCCN2C(C)=O)cn1. The van der Waals surface area contributed by atoms with Crippen LogP contribution < -0.4 is 4.74 Å². The van der Waals surface area contributed by atoms with Crippen LogP contribution in [-0.2, 0) is 4.79 Å². The summed E-state index contributed by atoms with van der Waals surface area (Å²) in [7, 11) is 1.60. The number of aromatic nitrogens is 1. The maximum atomic E-state index is 11.6. The average molecular weight is 234 g/mol. The van der Waals surface area contributed by atoms with Crippen molar-refractivity contribution < 1.29 is 9.53 Å². The lowest BCUT2D eigenvalue weighted by Crippen LogP contribution is -2.36. The lowest BCUT2D eigenvalue weighted by molar-refractivity contribution is -0.132. The van der Waals surface area contributed by atoms with Crippen molar-refractivity contribution in [2.45, 2.75) is 32.2 Å². The van der Waals surface area contributed by atoms with Gasteiger partial charge in [-0.25, -0.2) is 4.98 Å². The molecule has 2 heterocycles. The molecule has 1 aliphatic rings. The number of carbonyl (C=O) groups excluding carboxylic acids is 1. The average Bonchev–Trinajstić information content (AvgIpc) is 2.39. The van der Waals surface area contributed by atoms with E-state index in [9.17, 15) is 4.79 Å². The van der Waals surface area contributed by atoms with E-state index in [4.69, 9.17) is 4.74 Å². The van der Waals surface area contributed by atoms with E-state index in [2.05, 4.69) is 4.98 Å². The number of piperidine rings is 1. The molecule has 1 saturated heterocycles. The monoisotopic (exact) mass is 234 g/mol. The molecule has 17 heavy (non-hydrogen) atoms. The van der Waals surface area contributed by atoms with Crippen LogP contribution in [0.1, 0.15) is 37.8 Å². The van der Waals surface area contributed by atoms with Crippen LogP contribution in [0.2, 0.25) is 0 Å². The largest absolute Gasteiger partial charge is 0.481 e. The van der Waals surface area contributed by atoms with E-state index in [1.165, 1.54) is 6.42 Å². The van der Waals surface area contributed by atoms with E-state index >= 15 is 0 Å². The fraction of sp³-hybridized carbons (Fsp3) is 0.538. The van der Waals surface area contributed by atoms with Crippen LogP contribution in [0.3, 0.4) is 0 Å². The highest BCUT2D eigenvalue weighted by Crippen LogP contribution is 2.30. The number of carbonyl (C=O) groups is 1. The van der Waals surface area contributed by atoms with Crippen LogP contribution in [0, 0.1) is 0 Å². The van der Waals surface area contributed by atoms with E-state index in [1.807, 2.05) is 23.2 Å². The number of ether oxygens (including phenoxy) is 1. The maximum absolute atomic E-state index is 11.6. The highest BCUT2D eigenvalue weighted by atomic mass is 16.5. The zero-order chi connectivity index (χ0) is 12.3. The Balaban J connectivity index is 2.20. The molecule has 0 radical (unpaired) electrons. The summed E-state index contributed by atoms with van der Waals surface area (Å²) in [6.45, 7) is 2.49. The highest BCUT2D eigenvalue weighted by molar-refractivity contribution is 5.73. The third-order valence-corrected chi connectivity index (χ3v) is 3.26. The molecule has 1 atom stereocenters. The molecular formula is C13H18N2O2. The summed E-state index contributed by atoms with van der Waals surface area (Å²) in [4.78, 5) is 17.7. The number of methoxy groups -OCH3 is 1. The number of hydrogen-bond donors (Lipinski definition) is 0. The molecule has 0 unspecified atom stereocenters. The zero-order valence-corrected chi connectivity index (χ0v) is 10.3. The van der Waals surface area contributed by atoms with Gasteiger partial charge in [0.15, 0.2) is 0 Å². The fourth-order valence-corrected chi connectivity index (χ4v) is 2.36. The predicted octanol–water partition coefficient (Wildman–Crippen LogP) is 2.16.